The number of aliphatic hydroxyl groups excluding tert-OH is 1. The minimum absolute atomic E-state index is 0.0340. The Labute approximate surface area is 200 Å². The maximum absolute atomic E-state index is 11.4. The lowest BCUT2D eigenvalue weighted by Gasteiger charge is -2.16. The molecule has 0 spiro atoms. The van der Waals surface area contributed by atoms with Gasteiger partial charge in [-0.05, 0) is 31.0 Å². The van der Waals surface area contributed by atoms with Gasteiger partial charge in [-0.15, -0.1) is 11.8 Å². The van der Waals surface area contributed by atoms with Crippen LogP contribution >= 0.6 is 11.8 Å². The summed E-state index contributed by atoms with van der Waals surface area (Å²) in [6.07, 6.45) is 3.63. The van der Waals surface area contributed by atoms with E-state index in [1.165, 1.54) is 24.0 Å². The highest BCUT2D eigenvalue weighted by atomic mass is 32.2. The van der Waals surface area contributed by atoms with Gasteiger partial charge in [0, 0.05) is 36.2 Å². The van der Waals surface area contributed by atoms with Crippen molar-refractivity contribution in [2.75, 3.05) is 41.1 Å². The van der Waals surface area contributed by atoms with E-state index in [-0.39, 0.29) is 18.2 Å². The highest BCUT2D eigenvalue weighted by Gasteiger charge is 2.18. The summed E-state index contributed by atoms with van der Waals surface area (Å²) in [7, 11) is 0. The van der Waals surface area contributed by atoms with E-state index in [1.807, 2.05) is 30.3 Å². The monoisotopic (exact) mass is 480 g/mol. The van der Waals surface area contributed by atoms with Gasteiger partial charge >= 0.3 is 0 Å². The highest BCUT2D eigenvalue weighted by molar-refractivity contribution is 7.99. The van der Waals surface area contributed by atoms with Crippen molar-refractivity contribution in [1.29, 1.82) is 0 Å². The number of aliphatic hydroxyl groups is 1. The lowest BCUT2D eigenvalue weighted by Crippen LogP contribution is -2.21. The van der Waals surface area contributed by atoms with Gasteiger partial charge in [-0.25, -0.2) is 5.43 Å². The molecule has 0 bridgehead atoms. The van der Waals surface area contributed by atoms with Crippen molar-refractivity contribution >= 4 is 47.2 Å². The van der Waals surface area contributed by atoms with Gasteiger partial charge < -0.3 is 15.3 Å². The Morgan fingerprint density at radius 1 is 1.12 bits per heavy atom. The van der Waals surface area contributed by atoms with Crippen LogP contribution < -0.4 is 15.6 Å². The zero-order valence-electron chi connectivity index (χ0n) is 18.3. The van der Waals surface area contributed by atoms with E-state index in [2.05, 4.69) is 35.7 Å². The smallest absolute Gasteiger partial charge is 0.283 e. The number of benzene rings is 2. The number of aromatic nitrogens is 3. The third-order valence-electron chi connectivity index (χ3n) is 4.95. The summed E-state index contributed by atoms with van der Waals surface area (Å²) < 4.78 is 0. The maximum Gasteiger partial charge on any atom is 0.283 e. The van der Waals surface area contributed by atoms with E-state index in [9.17, 15) is 10.1 Å². The van der Waals surface area contributed by atoms with Gasteiger partial charge in [-0.2, -0.15) is 20.1 Å². The Balaban J connectivity index is 1.53. The van der Waals surface area contributed by atoms with Gasteiger partial charge in [0.15, 0.2) is 0 Å². The standard InChI is InChI=1S/C22H24N8O3S/c31-12-13-34-19-9-8-16(14-18(19)30(32)33)15-23-28-21-25-20(24-17-6-2-1-3-7-17)26-22(27-21)29-10-4-5-11-29/h1-3,6-9,14-15,31H,4-5,10-13H2,(H2,24,25,26,27,28)/b23-15-. The first-order chi connectivity index (χ1) is 16.6. The van der Waals surface area contributed by atoms with Crippen molar-refractivity contribution in [3.05, 3.63) is 64.2 Å². The predicted molar refractivity (Wildman–Crippen MR) is 133 cm³/mol. The number of anilines is 4. The zero-order valence-corrected chi connectivity index (χ0v) is 19.1. The largest absolute Gasteiger partial charge is 0.396 e. The third kappa shape index (κ3) is 6.17. The normalized spacial score (nSPS) is 13.4. The summed E-state index contributed by atoms with van der Waals surface area (Å²) in [5.74, 6) is 1.59. The molecule has 1 aromatic heterocycles. The summed E-state index contributed by atoms with van der Waals surface area (Å²) in [4.78, 5) is 27.0. The molecule has 1 aliphatic heterocycles. The lowest BCUT2D eigenvalue weighted by atomic mass is 10.2. The number of hydrogen-bond donors (Lipinski definition) is 3. The fourth-order valence-electron chi connectivity index (χ4n) is 3.38. The minimum Gasteiger partial charge on any atom is -0.396 e. The molecule has 0 radical (unpaired) electrons. The summed E-state index contributed by atoms with van der Waals surface area (Å²) in [5, 5.41) is 27.8. The van der Waals surface area contributed by atoms with Crippen LogP contribution in [0.4, 0.5) is 29.2 Å². The van der Waals surface area contributed by atoms with Crippen LogP contribution in [0.15, 0.2) is 58.5 Å². The SMILES string of the molecule is O=[N+]([O-])c1cc(/C=N\Nc2nc(Nc3ccccc3)nc(N3CCCC3)n2)ccc1SCCO. The Kier molecular flexibility index (Phi) is 7.83. The van der Waals surface area contributed by atoms with Crippen LogP contribution in [0.2, 0.25) is 0 Å². The molecule has 3 N–H and O–H groups in total. The number of hydrogen-bond acceptors (Lipinski definition) is 11. The average molecular weight is 481 g/mol. The van der Waals surface area contributed by atoms with Gasteiger partial charge in [0.05, 0.1) is 22.6 Å². The molecule has 1 saturated heterocycles. The van der Waals surface area contributed by atoms with Gasteiger partial charge in [-0.3, -0.25) is 10.1 Å². The second-order valence-electron chi connectivity index (χ2n) is 7.39. The molecule has 4 rings (SSSR count). The molecule has 0 saturated carbocycles. The number of para-hydroxylation sites is 1. The van der Waals surface area contributed by atoms with Crippen molar-refractivity contribution < 1.29 is 10.0 Å². The minimum atomic E-state index is -0.444. The van der Waals surface area contributed by atoms with E-state index >= 15 is 0 Å². The molecule has 176 valence electrons. The molecular formula is C22H24N8O3S. The summed E-state index contributed by atoms with van der Waals surface area (Å²) in [5.41, 5.74) is 4.17. The van der Waals surface area contributed by atoms with Crippen LogP contribution in [-0.2, 0) is 0 Å². The van der Waals surface area contributed by atoms with Crippen LogP contribution in [0.3, 0.4) is 0 Å². The molecule has 1 aliphatic rings. The molecule has 12 heteroatoms. The number of nitrogens with zero attached hydrogens (tertiary/aromatic N) is 6. The first-order valence-electron chi connectivity index (χ1n) is 10.8. The number of nitro groups is 1. The van der Waals surface area contributed by atoms with Crippen molar-refractivity contribution in [1.82, 2.24) is 15.0 Å². The third-order valence-corrected chi connectivity index (χ3v) is 5.99. The Morgan fingerprint density at radius 3 is 2.62 bits per heavy atom. The number of rotatable bonds is 10. The van der Waals surface area contributed by atoms with Gasteiger partial charge in [0.25, 0.3) is 5.69 Å². The molecule has 11 nitrogen and oxygen atoms in total. The number of nitro benzene ring substituents is 1. The first kappa shape index (κ1) is 23.4. The summed E-state index contributed by atoms with van der Waals surface area (Å²) in [6.45, 7) is 1.70. The average Bonchev–Trinajstić information content (AvgIpc) is 3.39. The fraction of sp³-hybridized carbons (Fsp3) is 0.273. The first-order valence-corrected chi connectivity index (χ1v) is 11.8. The van der Waals surface area contributed by atoms with Crippen molar-refractivity contribution in [2.24, 2.45) is 5.10 Å². The van der Waals surface area contributed by atoms with Crippen LogP contribution in [0.25, 0.3) is 0 Å². The Bertz CT molecular complexity index is 1160. The molecule has 0 atom stereocenters. The molecule has 0 aliphatic carbocycles. The summed E-state index contributed by atoms with van der Waals surface area (Å²) in [6, 6.07) is 14.4. The second kappa shape index (κ2) is 11.4. The molecular weight excluding hydrogens is 456 g/mol. The van der Waals surface area contributed by atoms with Crippen LogP contribution in [0.5, 0.6) is 0 Å². The van der Waals surface area contributed by atoms with E-state index in [4.69, 9.17) is 5.11 Å². The van der Waals surface area contributed by atoms with E-state index in [0.29, 0.717) is 28.1 Å². The van der Waals surface area contributed by atoms with Crippen molar-refractivity contribution in [3.8, 4) is 0 Å². The Morgan fingerprint density at radius 2 is 1.88 bits per heavy atom. The molecule has 2 aromatic carbocycles. The number of thioether (sulfide) groups is 1. The van der Waals surface area contributed by atoms with Crippen LogP contribution in [0.1, 0.15) is 18.4 Å². The van der Waals surface area contributed by atoms with Crippen LogP contribution in [0, 0.1) is 10.1 Å². The topological polar surface area (TPSA) is 142 Å². The van der Waals surface area contributed by atoms with Crippen LogP contribution in [-0.4, -0.2) is 56.6 Å². The molecule has 0 unspecified atom stereocenters. The van der Waals surface area contributed by atoms with E-state index < -0.39 is 4.92 Å². The van der Waals surface area contributed by atoms with Gasteiger partial charge in [0.2, 0.25) is 17.8 Å². The maximum atomic E-state index is 11.4. The van der Waals surface area contributed by atoms with Gasteiger partial charge in [0.1, 0.15) is 0 Å². The van der Waals surface area contributed by atoms with Crippen molar-refractivity contribution in [3.63, 3.8) is 0 Å². The zero-order chi connectivity index (χ0) is 23.8. The predicted octanol–water partition coefficient (Wildman–Crippen LogP) is 3.65. The molecule has 1 fully saturated rings. The highest BCUT2D eigenvalue weighted by Crippen LogP contribution is 2.29. The molecule has 2 heterocycles. The number of nitrogens with one attached hydrogen (secondary N) is 2. The quantitative estimate of drug-likeness (QED) is 0.170. The Hall–Kier alpha value is -3.77. The fourth-order valence-corrected chi connectivity index (χ4v) is 4.14. The molecule has 3 aromatic rings. The molecule has 34 heavy (non-hydrogen) atoms. The van der Waals surface area contributed by atoms with Crippen molar-refractivity contribution in [2.45, 2.75) is 17.7 Å². The lowest BCUT2D eigenvalue weighted by molar-refractivity contribution is -0.387. The number of hydrazone groups is 1. The van der Waals surface area contributed by atoms with Gasteiger partial charge in [-0.1, -0.05) is 24.3 Å². The van der Waals surface area contributed by atoms with E-state index in [0.717, 1.165) is 31.6 Å². The molecule has 0 amide bonds. The summed E-state index contributed by atoms with van der Waals surface area (Å²) >= 11 is 1.23. The second-order valence-corrected chi connectivity index (χ2v) is 8.53. The van der Waals surface area contributed by atoms with E-state index in [1.54, 1.807) is 12.1 Å².